The second-order valence-electron chi connectivity index (χ2n) is 4.64. The zero-order valence-electron chi connectivity index (χ0n) is 11.1. The van der Waals surface area contributed by atoms with Gasteiger partial charge in [0, 0.05) is 6.04 Å². The van der Waals surface area contributed by atoms with E-state index >= 15 is 0 Å². The van der Waals surface area contributed by atoms with Crippen LogP contribution in [0.25, 0.3) is 11.0 Å². The fraction of sp³-hybridized carbons (Fsp3) is 0.500. The van der Waals surface area contributed by atoms with E-state index in [0.717, 1.165) is 36.1 Å². The molecule has 1 aromatic carbocycles. The summed E-state index contributed by atoms with van der Waals surface area (Å²) < 4.78 is 2.22. The van der Waals surface area contributed by atoms with Crippen molar-refractivity contribution in [3.63, 3.8) is 0 Å². The average molecular weight is 320 g/mol. The first-order chi connectivity index (χ1) is 9.12. The van der Waals surface area contributed by atoms with Gasteiger partial charge in [-0.25, -0.2) is 4.98 Å². The summed E-state index contributed by atoms with van der Waals surface area (Å²) in [7, 11) is 0. The molecule has 0 saturated heterocycles. The van der Waals surface area contributed by atoms with Gasteiger partial charge in [0.25, 0.3) is 0 Å². The van der Waals surface area contributed by atoms with E-state index in [4.69, 9.17) is 34.8 Å². The molecule has 104 valence electrons. The third-order valence-electron chi connectivity index (χ3n) is 3.38. The number of halogens is 3. The highest BCUT2D eigenvalue weighted by molar-refractivity contribution is 6.42. The van der Waals surface area contributed by atoms with Crippen LogP contribution in [0.15, 0.2) is 12.1 Å². The monoisotopic (exact) mass is 318 g/mol. The van der Waals surface area contributed by atoms with Crippen LogP contribution in [0.2, 0.25) is 10.0 Å². The summed E-state index contributed by atoms with van der Waals surface area (Å²) in [5.74, 6) is 1.28. The van der Waals surface area contributed by atoms with Crippen LogP contribution >= 0.6 is 34.8 Å². The predicted octanol–water partition coefficient (Wildman–Crippen LogP) is 5.83. The van der Waals surface area contributed by atoms with Crippen LogP contribution < -0.4 is 0 Å². The summed E-state index contributed by atoms with van der Waals surface area (Å²) in [5.41, 5.74) is 1.88. The molecule has 0 aliphatic carbocycles. The molecular formula is C14H17Cl3N2. The Bertz CT molecular complexity index is 578. The highest BCUT2D eigenvalue weighted by atomic mass is 35.5. The van der Waals surface area contributed by atoms with Crippen molar-refractivity contribution < 1.29 is 0 Å². The van der Waals surface area contributed by atoms with Gasteiger partial charge in [-0.1, -0.05) is 43.5 Å². The quantitative estimate of drug-likeness (QED) is 0.634. The molecule has 1 aromatic heterocycles. The van der Waals surface area contributed by atoms with Crippen molar-refractivity contribution in [2.45, 2.75) is 45.0 Å². The third-order valence-corrected chi connectivity index (χ3v) is 4.34. The second kappa shape index (κ2) is 6.34. The Morgan fingerprint density at radius 2 is 1.89 bits per heavy atom. The smallest absolute Gasteiger partial charge is 0.125 e. The molecule has 5 heteroatoms. The molecule has 2 rings (SSSR count). The summed E-state index contributed by atoms with van der Waals surface area (Å²) in [6.45, 7) is 4.37. The van der Waals surface area contributed by atoms with E-state index in [1.807, 2.05) is 12.1 Å². The normalized spacial score (nSPS) is 13.1. The van der Waals surface area contributed by atoms with E-state index in [9.17, 15) is 0 Å². The van der Waals surface area contributed by atoms with E-state index in [0.29, 0.717) is 22.0 Å². The molecule has 1 unspecified atom stereocenters. The van der Waals surface area contributed by atoms with Gasteiger partial charge in [0.15, 0.2) is 0 Å². The molecule has 1 atom stereocenters. The van der Waals surface area contributed by atoms with E-state index < -0.39 is 0 Å². The molecule has 0 fully saturated rings. The summed E-state index contributed by atoms with van der Waals surface area (Å²) in [4.78, 5) is 4.57. The number of imidazole rings is 1. The van der Waals surface area contributed by atoms with Gasteiger partial charge in [0.1, 0.15) is 5.82 Å². The minimum atomic E-state index is 0.393. The molecule has 1 heterocycles. The van der Waals surface area contributed by atoms with Crippen LogP contribution in [0.3, 0.4) is 0 Å². The Hall–Kier alpha value is -0.440. The lowest BCUT2D eigenvalue weighted by atomic mass is 10.1. The zero-order chi connectivity index (χ0) is 14.0. The van der Waals surface area contributed by atoms with Crippen LogP contribution in [0.5, 0.6) is 0 Å². The summed E-state index contributed by atoms with van der Waals surface area (Å²) >= 11 is 18.2. The maximum absolute atomic E-state index is 6.13. The lowest BCUT2D eigenvalue weighted by molar-refractivity contribution is 0.448. The lowest BCUT2D eigenvalue weighted by Gasteiger charge is -2.19. The fourth-order valence-corrected chi connectivity index (χ4v) is 3.00. The van der Waals surface area contributed by atoms with Crippen LogP contribution in [0.1, 0.15) is 45.0 Å². The summed E-state index contributed by atoms with van der Waals surface area (Å²) in [6, 6.07) is 4.10. The predicted molar refractivity (Wildman–Crippen MR) is 83.5 cm³/mol. The molecule has 0 aliphatic rings. The summed E-state index contributed by atoms with van der Waals surface area (Å²) in [5, 5.41) is 1.09. The van der Waals surface area contributed by atoms with Crippen molar-refractivity contribution in [3.8, 4) is 0 Å². The fourth-order valence-electron chi connectivity index (χ4n) is 2.49. The van der Waals surface area contributed by atoms with Gasteiger partial charge in [-0.3, -0.25) is 0 Å². The van der Waals surface area contributed by atoms with Gasteiger partial charge < -0.3 is 4.57 Å². The zero-order valence-corrected chi connectivity index (χ0v) is 13.4. The second-order valence-corrected chi connectivity index (χ2v) is 5.72. The average Bonchev–Trinajstić information content (AvgIpc) is 2.74. The van der Waals surface area contributed by atoms with Crippen LogP contribution in [0.4, 0.5) is 0 Å². The molecule has 0 N–H and O–H groups in total. The Labute approximate surface area is 128 Å². The molecule has 0 radical (unpaired) electrons. The summed E-state index contributed by atoms with van der Waals surface area (Å²) in [6.07, 6.45) is 3.27. The molecule has 0 amide bonds. The van der Waals surface area contributed by atoms with Crippen molar-refractivity contribution in [2.75, 3.05) is 0 Å². The molecule has 0 spiro atoms. The molecule has 2 aromatic rings. The number of fused-ring (bicyclic) bond motifs is 1. The van der Waals surface area contributed by atoms with Crippen molar-refractivity contribution >= 4 is 45.8 Å². The number of hydrogen-bond acceptors (Lipinski definition) is 1. The Morgan fingerprint density at radius 1 is 1.21 bits per heavy atom. The van der Waals surface area contributed by atoms with E-state index in [1.165, 1.54) is 0 Å². The number of rotatable bonds is 5. The van der Waals surface area contributed by atoms with Crippen molar-refractivity contribution in [3.05, 3.63) is 28.0 Å². The Balaban J connectivity index is 2.65. The third kappa shape index (κ3) is 2.86. The standard InChI is InChI=1S/C14H17Cl3N2/c1-3-5-9(4-2)19-13-7-11(17)10(16)6-12(13)18-14(19)8-15/h6-7,9H,3-5,8H2,1-2H3. The molecule has 0 bridgehead atoms. The highest BCUT2D eigenvalue weighted by Crippen LogP contribution is 2.32. The highest BCUT2D eigenvalue weighted by Gasteiger charge is 2.18. The first-order valence-corrected chi connectivity index (χ1v) is 7.83. The van der Waals surface area contributed by atoms with Gasteiger partial charge in [0.05, 0.1) is 27.0 Å². The van der Waals surface area contributed by atoms with E-state index in [1.54, 1.807) is 0 Å². The number of alkyl halides is 1. The first kappa shape index (κ1) is 15.0. The lowest BCUT2D eigenvalue weighted by Crippen LogP contribution is -2.10. The number of hydrogen-bond donors (Lipinski definition) is 0. The van der Waals surface area contributed by atoms with E-state index in [2.05, 4.69) is 23.4 Å². The largest absolute Gasteiger partial charge is 0.324 e. The van der Waals surface area contributed by atoms with Crippen LogP contribution in [0, 0.1) is 0 Å². The maximum Gasteiger partial charge on any atom is 0.125 e. The van der Waals surface area contributed by atoms with Crippen LogP contribution in [-0.4, -0.2) is 9.55 Å². The Kier molecular flexibility index (Phi) is 4.99. The van der Waals surface area contributed by atoms with Gasteiger partial charge in [-0.15, -0.1) is 11.6 Å². The van der Waals surface area contributed by atoms with Crippen molar-refractivity contribution in [2.24, 2.45) is 0 Å². The van der Waals surface area contributed by atoms with Gasteiger partial charge >= 0.3 is 0 Å². The van der Waals surface area contributed by atoms with Crippen molar-refractivity contribution in [1.82, 2.24) is 9.55 Å². The molecular weight excluding hydrogens is 303 g/mol. The van der Waals surface area contributed by atoms with Crippen molar-refractivity contribution in [1.29, 1.82) is 0 Å². The Morgan fingerprint density at radius 3 is 2.47 bits per heavy atom. The SMILES string of the molecule is CCCC(CC)n1c(CCl)nc2cc(Cl)c(Cl)cc21. The number of benzene rings is 1. The molecule has 0 saturated carbocycles. The van der Waals surface area contributed by atoms with Crippen LogP contribution in [-0.2, 0) is 5.88 Å². The molecule has 19 heavy (non-hydrogen) atoms. The molecule has 0 aliphatic heterocycles. The molecule has 2 nitrogen and oxygen atoms in total. The first-order valence-electron chi connectivity index (χ1n) is 6.54. The minimum absolute atomic E-state index is 0.393. The van der Waals surface area contributed by atoms with Gasteiger partial charge in [-0.05, 0) is 25.0 Å². The number of nitrogens with zero attached hydrogens (tertiary/aromatic N) is 2. The van der Waals surface area contributed by atoms with Gasteiger partial charge in [-0.2, -0.15) is 0 Å². The van der Waals surface area contributed by atoms with Gasteiger partial charge in [0.2, 0.25) is 0 Å². The topological polar surface area (TPSA) is 17.8 Å². The van der Waals surface area contributed by atoms with E-state index in [-0.39, 0.29) is 0 Å². The minimum Gasteiger partial charge on any atom is -0.324 e. The maximum atomic E-state index is 6.13. The number of aromatic nitrogens is 2.